The molecular weight excluding hydrogens is 318 g/mol. The van der Waals surface area contributed by atoms with E-state index in [0.717, 1.165) is 28.9 Å². The lowest BCUT2D eigenvalue weighted by atomic mass is 9.89. The minimum absolute atomic E-state index is 0.198. The van der Waals surface area contributed by atoms with Gasteiger partial charge in [-0.2, -0.15) is 0 Å². The molecule has 0 aliphatic carbocycles. The maximum Gasteiger partial charge on any atom is 0.231 e. The molecule has 0 bridgehead atoms. The fraction of sp³-hybridized carbons (Fsp3) is 0.250. The minimum atomic E-state index is 0.198. The van der Waals surface area contributed by atoms with E-state index in [1.165, 1.54) is 16.7 Å². The van der Waals surface area contributed by atoms with Gasteiger partial charge in [0.15, 0.2) is 11.5 Å². The number of halogens is 1. The summed E-state index contributed by atoms with van der Waals surface area (Å²) in [5, 5.41) is 3.60. The van der Waals surface area contributed by atoms with E-state index in [1.54, 1.807) is 0 Å². The van der Waals surface area contributed by atoms with Crippen molar-refractivity contribution in [3.8, 4) is 11.5 Å². The number of benzene rings is 2. The first-order valence-corrected chi connectivity index (χ1v) is 7.52. The summed E-state index contributed by atoms with van der Waals surface area (Å²) in [6, 6.07) is 12.8. The van der Waals surface area contributed by atoms with Gasteiger partial charge in [-0.05, 0) is 41.3 Å². The molecule has 102 valence electrons. The SMILES string of the molecule is Brc1ccccc1C1NCCc2cc3c(cc21)OCO3. The van der Waals surface area contributed by atoms with E-state index in [1.807, 2.05) is 6.07 Å². The second-order valence-corrected chi connectivity index (χ2v) is 5.92. The molecule has 4 heteroatoms. The van der Waals surface area contributed by atoms with E-state index < -0.39 is 0 Å². The third-order valence-electron chi connectivity index (χ3n) is 3.90. The topological polar surface area (TPSA) is 30.5 Å². The highest BCUT2D eigenvalue weighted by molar-refractivity contribution is 9.10. The molecule has 0 spiro atoms. The molecule has 2 heterocycles. The van der Waals surface area contributed by atoms with Crippen LogP contribution in [0.1, 0.15) is 22.7 Å². The summed E-state index contributed by atoms with van der Waals surface area (Å²) in [4.78, 5) is 0. The molecular formula is C16H14BrNO2. The Labute approximate surface area is 126 Å². The molecule has 0 amide bonds. The zero-order chi connectivity index (χ0) is 13.5. The lowest BCUT2D eigenvalue weighted by Crippen LogP contribution is -2.30. The van der Waals surface area contributed by atoms with Crippen molar-refractivity contribution >= 4 is 15.9 Å². The third-order valence-corrected chi connectivity index (χ3v) is 4.63. The number of ether oxygens (including phenoxy) is 2. The van der Waals surface area contributed by atoms with E-state index in [4.69, 9.17) is 9.47 Å². The van der Waals surface area contributed by atoms with Gasteiger partial charge in [-0.15, -0.1) is 0 Å². The van der Waals surface area contributed by atoms with Gasteiger partial charge < -0.3 is 14.8 Å². The van der Waals surface area contributed by atoms with Crippen molar-refractivity contribution in [3.05, 3.63) is 57.6 Å². The Hall–Kier alpha value is -1.52. The van der Waals surface area contributed by atoms with E-state index in [2.05, 4.69) is 51.6 Å². The summed E-state index contributed by atoms with van der Waals surface area (Å²) in [6.45, 7) is 1.30. The second-order valence-electron chi connectivity index (χ2n) is 5.06. The summed E-state index contributed by atoms with van der Waals surface area (Å²) in [7, 11) is 0. The normalized spacial score (nSPS) is 19.8. The molecule has 4 rings (SSSR count). The Morgan fingerprint density at radius 1 is 1.05 bits per heavy atom. The van der Waals surface area contributed by atoms with Crippen molar-refractivity contribution in [2.24, 2.45) is 0 Å². The van der Waals surface area contributed by atoms with Crippen LogP contribution in [0, 0.1) is 0 Å². The summed E-state index contributed by atoms with van der Waals surface area (Å²) in [5.41, 5.74) is 3.88. The molecule has 1 atom stereocenters. The average molecular weight is 332 g/mol. The second kappa shape index (κ2) is 4.79. The van der Waals surface area contributed by atoms with Crippen LogP contribution in [0.15, 0.2) is 40.9 Å². The molecule has 3 nitrogen and oxygen atoms in total. The fourth-order valence-corrected chi connectivity index (χ4v) is 3.45. The smallest absolute Gasteiger partial charge is 0.231 e. The Balaban J connectivity index is 1.84. The lowest BCUT2D eigenvalue weighted by molar-refractivity contribution is 0.174. The maximum absolute atomic E-state index is 5.52. The predicted molar refractivity (Wildman–Crippen MR) is 80.3 cm³/mol. The number of hydrogen-bond acceptors (Lipinski definition) is 3. The molecule has 0 radical (unpaired) electrons. The molecule has 2 aliphatic heterocycles. The van der Waals surface area contributed by atoms with Gasteiger partial charge in [0.1, 0.15) is 0 Å². The summed E-state index contributed by atoms with van der Waals surface area (Å²) >= 11 is 3.65. The van der Waals surface area contributed by atoms with Gasteiger partial charge in [0.2, 0.25) is 6.79 Å². The van der Waals surface area contributed by atoms with Crippen LogP contribution in [0.2, 0.25) is 0 Å². The molecule has 1 unspecified atom stereocenters. The van der Waals surface area contributed by atoms with Crippen LogP contribution in [0.5, 0.6) is 11.5 Å². The fourth-order valence-electron chi connectivity index (χ4n) is 2.93. The van der Waals surface area contributed by atoms with Gasteiger partial charge in [-0.3, -0.25) is 0 Å². The summed E-state index contributed by atoms with van der Waals surface area (Å²) in [6.07, 6.45) is 1.02. The molecule has 2 aliphatic rings. The average Bonchev–Trinajstić information content (AvgIpc) is 2.92. The van der Waals surface area contributed by atoms with Crippen molar-refractivity contribution in [2.75, 3.05) is 13.3 Å². The Morgan fingerprint density at radius 2 is 1.85 bits per heavy atom. The van der Waals surface area contributed by atoms with Gasteiger partial charge in [-0.25, -0.2) is 0 Å². The predicted octanol–water partition coefficient (Wildman–Crippen LogP) is 3.41. The van der Waals surface area contributed by atoms with Crippen molar-refractivity contribution in [1.82, 2.24) is 5.32 Å². The highest BCUT2D eigenvalue weighted by Crippen LogP contribution is 2.40. The van der Waals surface area contributed by atoms with Crippen molar-refractivity contribution in [1.29, 1.82) is 0 Å². The first kappa shape index (κ1) is 12.2. The number of rotatable bonds is 1. The zero-order valence-corrected chi connectivity index (χ0v) is 12.4. The van der Waals surface area contributed by atoms with Crippen molar-refractivity contribution < 1.29 is 9.47 Å². The lowest BCUT2D eigenvalue weighted by Gasteiger charge is -2.28. The molecule has 2 aromatic carbocycles. The van der Waals surface area contributed by atoms with Crippen molar-refractivity contribution in [3.63, 3.8) is 0 Å². The largest absolute Gasteiger partial charge is 0.454 e. The van der Waals surface area contributed by atoms with Gasteiger partial charge in [-0.1, -0.05) is 34.1 Å². The summed E-state index contributed by atoms with van der Waals surface area (Å²) in [5.74, 6) is 1.72. The van der Waals surface area contributed by atoms with Crippen LogP contribution in [0.4, 0.5) is 0 Å². The van der Waals surface area contributed by atoms with Crippen LogP contribution in [-0.2, 0) is 6.42 Å². The van der Waals surface area contributed by atoms with E-state index in [-0.39, 0.29) is 6.04 Å². The highest BCUT2D eigenvalue weighted by atomic mass is 79.9. The van der Waals surface area contributed by atoms with E-state index in [0.29, 0.717) is 6.79 Å². The Kier molecular flexibility index (Phi) is 2.93. The minimum Gasteiger partial charge on any atom is -0.454 e. The van der Waals surface area contributed by atoms with Gasteiger partial charge >= 0.3 is 0 Å². The monoisotopic (exact) mass is 331 g/mol. The van der Waals surface area contributed by atoms with E-state index in [9.17, 15) is 0 Å². The van der Waals surface area contributed by atoms with Crippen LogP contribution in [0.3, 0.4) is 0 Å². The van der Waals surface area contributed by atoms with E-state index >= 15 is 0 Å². The van der Waals surface area contributed by atoms with Crippen LogP contribution in [-0.4, -0.2) is 13.3 Å². The van der Waals surface area contributed by atoms with Crippen LogP contribution >= 0.6 is 15.9 Å². The number of nitrogens with one attached hydrogen (secondary N) is 1. The van der Waals surface area contributed by atoms with Crippen LogP contribution < -0.4 is 14.8 Å². The molecule has 0 fully saturated rings. The van der Waals surface area contributed by atoms with Gasteiger partial charge in [0, 0.05) is 11.0 Å². The molecule has 1 N–H and O–H groups in total. The number of fused-ring (bicyclic) bond motifs is 2. The molecule has 0 aromatic heterocycles. The third kappa shape index (κ3) is 1.91. The quantitative estimate of drug-likeness (QED) is 0.868. The first-order valence-electron chi connectivity index (χ1n) is 6.73. The summed E-state index contributed by atoms with van der Waals surface area (Å²) < 4.78 is 12.1. The maximum atomic E-state index is 5.52. The zero-order valence-electron chi connectivity index (χ0n) is 10.9. The standard InChI is InChI=1S/C16H14BrNO2/c17-13-4-2-1-3-11(13)16-12-8-15-14(19-9-20-15)7-10(12)5-6-18-16/h1-4,7-8,16,18H,5-6,9H2. The molecule has 20 heavy (non-hydrogen) atoms. The molecule has 0 saturated heterocycles. The van der Waals surface area contributed by atoms with Crippen LogP contribution in [0.25, 0.3) is 0 Å². The van der Waals surface area contributed by atoms with Gasteiger partial charge in [0.25, 0.3) is 0 Å². The number of hydrogen-bond donors (Lipinski definition) is 1. The highest BCUT2D eigenvalue weighted by Gasteiger charge is 2.26. The van der Waals surface area contributed by atoms with Gasteiger partial charge in [0.05, 0.1) is 6.04 Å². The molecule has 2 aromatic rings. The Bertz CT molecular complexity index is 672. The molecule has 0 saturated carbocycles. The van der Waals surface area contributed by atoms with Crippen molar-refractivity contribution in [2.45, 2.75) is 12.5 Å². The first-order chi connectivity index (χ1) is 9.83. The Morgan fingerprint density at radius 3 is 2.70 bits per heavy atom.